The first-order valence-corrected chi connectivity index (χ1v) is 13.3. The van der Waals surface area contributed by atoms with E-state index in [2.05, 4.69) is 26.5 Å². The third-order valence-electron chi connectivity index (χ3n) is 6.17. The van der Waals surface area contributed by atoms with Crippen LogP contribution in [-0.2, 0) is 21.4 Å². The number of hydrogen-bond donors (Lipinski definition) is 2. The second kappa shape index (κ2) is 10.6. The molecule has 2 aliphatic heterocycles. The highest BCUT2D eigenvalue weighted by Crippen LogP contribution is 2.35. The Kier molecular flexibility index (Phi) is 7.13. The number of carbonyl (C=O) groups is 1. The number of terminal acetylenes is 1. The summed E-state index contributed by atoms with van der Waals surface area (Å²) in [5.74, 6) is 2.99. The molecule has 1 saturated heterocycles. The highest BCUT2D eigenvalue weighted by molar-refractivity contribution is 7.89. The van der Waals surface area contributed by atoms with Crippen LogP contribution in [0.1, 0.15) is 18.5 Å². The molecule has 0 radical (unpaired) electrons. The molecule has 196 valence electrons. The van der Waals surface area contributed by atoms with Crippen LogP contribution in [0.15, 0.2) is 53.4 Å². The van der Waals surface area contributed by atoms with E-state index >= 15 is 0 Å². The number of rotatable bonds is 8. The lowest BCUT2D eigenvalue weighted by atomic mass is 10.1. The van der Waals surface area contributed by atoms with Gasteiger partial charge in [0.05, 0.1) is 29.4 Å². The standard InChI is InChI=1S/C26H24FN5O5S/c1-2-11-28-26-30-19(14-21(31-26)17-5-10-23-24(13-17)37-16-36-23)15-29-25(33)22-4-3-12-32(22)38(34,35)20-8-6-18(27)7-9-20/h1,5-10,13-14,22H,3-4,11-12,15-16H2,(H,29,33)(H,28,30,31). The monoisotopic (exact) mass is 537 g/mol. The number of anilines is 1. The maximum absolute atomic E-state index is 13.3. The number of carbonyl (C=O) groups excluding carboxylic acids is 1. The summed E-state index contributed by atoms with van der Waals surface area (Å²) in [5, 5.41) is 5.75. The molecule has 1 aromatic heterocycles. The molecule has 2 N–H and O–H groups in total. The fourth-order valence-corrected chi connectivity index (χ4v) is 5.98. The average Bonchev–Trinajstić information content (AvgIpc) is 3.61. The molecule has 10 nitrogen and oxygen atoms in total. The highest BCUT2D eigenvalue weighted by atomic mass is 32.2. The molecule has 1 unspecified atom stereocenters. The minimum atomic E-state index is -3.97. The van der Waals surface area contributed by atoms with Gasteiger partial charge >= 0.3 is 0 Å². The SMILES string of the molecule is C#CCNc1nc(CNC(=O)C2CCCN2S(=O)(=O)c2ccc(F)cc2)cc(-c2ccc3c(c2)OCO3)n1. The minimum absolute atomic E-state index is 0.0323. The van der Waals surface area contributed by atoms with Crippen molar-refractivity contribution >= 4 is 21.9 Å². The Bertz CT molecular complexity index is 1510. The summed E-state index contributed by atoms with van der Waals surface area (Å²) in [6.07, 6.45) is 6.26. The van der Waals surface area contributed by atoms with E-state index in [0.717, 1.165) is 22.0 Å². The topological polar surface area (TPSA) is 123 Å². The van der Waals surface area contributed by atoms with Gasteiger partial charge in [-0.25, -0.2) is 22.8 Å². The first-order chi connectivity index (χ1) is 18.3. The molecule has 2 aliphatic rings. The Balaban J connectivity index is 1.34. The second-order valence-electron chi connectivity index (χ2n) is 8.64. The summed E-state index contributed by atoms with van der Waals surface area (Å²) in [4.78, 5) is 22.0. The average molecular weight is 538 g/mol. The van der Waals surface area contributed by atoms with Gasteiger partial charge in [0.2, 0.25) is 28.7 Å². The number of ether oxygens (including phenoxy) is 2. The van der Waals surface area contributed by atoms with Crippen LogP contribution in [0.5, 0.6) is 11.5 Å². The van der Waals surface area contributed by atoms with Crippen molar-refractivity contribution in [1.82, 2.24) is 19.6 Å². The van der Waals surface area contributed by atoms with Gasteiger partial charge in [-0.2, -0.15) is 4.31 Å². The lowest BCUT2D eigenvalue weighted by Gasteiger charge is -2.23. The summed E-state index contributed by atoms with van der Waals surface area (Å²) in [6.45, 7) is 0.572. The molecule has 5 rings (SSSR count). The number of sulfonamides is 1. The molecular formula is C26H24FN5O5S. The van der Waals surface area contributed by atoms with E-state index in [1.165, 1.54) is 12.1 Å². The fourth-order valence-electron chi connectivity index (χ4n) is 4.33. The Morgan fingerprint density at radius 3 is 2.71 bits per heavy atom. The predicted molar refractivity (Wildman–Crippen MR) is 136 cm³/mol. The molecule has 1 amide bonds. The Hall–Kier alpha value is -4.21. The maximum atomic E-state index is 13.3. The molecule has 12 heteroatoms. The van der Waals surface area contributed by atoms with Crippen molar-refractivity contribution in [2.75, 3.05) is 25.2 Å². The van der Waals surface area contributed by atoms with Crippen LogP contribution in [0.3, 0.4) is 0 Å². The van der Waals surface area contributed by atoms with E-state index < -0.39 is 27.8 Å². The third-order valence-corrected chi connectivity index (χ3v) is 8.09. The fraction of sp³-hybridized carbons (Fsp3) is 0.269. The number of amides is 1. The largest absolute Gasteiger partial charge is 0.454 e. The highest BCUT2D eigenvalue weighted by Gasteiger charge is 2.39. The van der Waals surface area contributed by atoms with E-state index in [0.29, 0.717) is 35.7 Å². The Morgan fingerprint density at radius 1 is 1.13 bits per heavy atom. The molecular weight excluding hydrogens is 513 g/mol. The van der Waals surface area contributed by atoms with Crippen molar-refractivity contribution in [3.63, 3.8) is 0 Å². The number of aromatic nitrogens is 2. The van der Waals surface area contributed by atoms with Crippen molar-refractivity contribution in [3.05, 3.63) is 60.0 Å². The zero-order chi connectivity index (χ0) is 26.7. The normalized spacial score (nSPS) is 16.7. The van der Waals surface area contributed by atoms with Gasteiger partial charge in [0.25, 0.3) is 0 Å². The Labute approximate surface area is 219 Å². The molecule has 0 spiro atoms. The quantitative estimate of drug-likeness (QED) is 0.421. The first-order valence-electron chi connectivity index (χ1n) is 11.9. The van der Waals surface area contributed by atoms with Crippen LogP contribution in [0.2, 0.25) is 0 Å². The van der Waals surface area contributed by atoms with E-state index in [9.17, 15) is 17.6 Å². The summed E-state index contributed by atoms with van der Waals surface area (Å²) in [7, 11) is -3.97. The maximum Gasteiger partial charge on any atom is 0.243 e. The molecule has 2 aromatic carbocycles. The van der Waals surface area contributed by atoms with Gasteiger partial charge in [-0.1, -0.05) is 5.92 Å². The van der Waals surface area contributed by atoms with E-state index in [1.807, 2.05) is 6.07 Å². The van der Waals surface area contributed by atoms with Crippen LogP contribution in [0.4, 0.5) is 10.3 Å². The van der Waals surface area contributed by atoms with Crippen LogP contribution >= 0.6 is 0 Å². The number of hydrogen-bond acceptors (Lipinski definition) is 8. The van der Waals surface area contributed by atoms with Gasteiger partial charge in [-0.15, -0.1) is 6.42 Å². The molecule has 3 heterocycles. The van der Waals surface area contributed by atoms with Gasteiger partial charge in [0.1, 0.15) is 11.9 Å². The van der Waals surface area contributed by atoms with Gasteiger partial charge < -0.3 is 20.1 Å². The third kappa shape index (κ3) is 5.25. The second-order valence-corrected chi connectivity index (χ2v) is 10.5. The van der Waals surface area contributed by atoms with Crippen molar-refractivity contribution in [3.8, 4) is 35.1 Å². The minimum Gasteiger partial charge on any atom is -0.454 e. The van der Waals surface area contributed by atoms with Gasteiger partial charge in [-0.3, -0.25) is 4.79 Å². The van der Waals surface area contributed by atoms with Gasteiger partial charge in [0, 0.05) is 12.1 Å². The van der Waals surface area contributed by atoms with Gasteiger partial charge in [-0.05, 0) is 61.4 Å². The van der Waals surface area contributed by atoms with E-state index in [1.54, 1.807) is 18.2 Å². The summed E-state index contributed by atoms with van der Waals surface area (Å²) in [6, 6.07) is 10.8. The molecule has 0 saturated carbocycles. The molecule has 0 bridgehead atoms. The zero-order valence-corrected chi connectivity index (χ0v) is 21.0. The van der Waals surface area contributed by atoms with Crippen molar-refractivity contribution in [2.24, 2.45) is 0 Å². The summed E-state index contributed by atoms with van der Waals surface area (Å²) < 4.78 is 51.5. The summed E-state index contributed by atoms with van der Waals surface area (Å²) >= 11 is 0. The van der Waals surface area contributed by atoms with E-state index in [-0.39, 0.29) is 37.3 Å². The van der Waals surface area contributed by atoms with E-state index in [4.69, 9.17) is 15.9 Å². The van der Waals surface area contributed by atoms with Crippen molar-refractivity contribution in [2.45, 2.75) is 30.3 Å². The Morgan fingerprint density at radius 2 is 1.92 bits per heavy atom. The van der Waals surface area contributed by atoms with Crippen LogP contribution in [0, 0.1) is 18.2 Å². The number of benzene rings is 2. The lowest BCUT2D eigenvalue weighted by Crippen LogP contribution is -2.45. The summed E-state index contributed by atoms with van der Waals surface area (Å²) in [5.41, 5.74) is 1.82. The van der Waals surface area contributed by atoms with Crippen LogP contribution in [0.25, 0.3) is 11.3 Å². The van der Waals surface area contributed by atoms with Crippen molar-refractivity contribution in [1.29, 1.82) is 0 Å². The van der Waals surface area contributed by atoms with Crippen LogP contribution < -0.4 is 20.1 Å². The molecule has 3 aromatic rings. The molecule has 0 aliphatic carbocycles. The zero-order valence-electron chi connectivity index (χ0n) is 20.2. The number of nitrogens with one attached hydrogen (secondary N) is 2. The first kappa shape index (κ1) is 25.4. The molecule has 1 atom stereocenters. The predicted octanol–water partition coefficient (Wildman–Crippen LogP) is 2.53. The smallest absolute Gasteiger partial charge is 0.243 e. The molecule has 1 fully saturated rings. The van der Waals surface area contributed by atoms with Crippen molar-refractivity contribution < 1.29 is 27.1 Å². The van der Waals surface area contributed by atoms with Crippen LogP contribution in [-0.4, -0.2) is 54.5 Å². The molecule has 38 heavy (non-hydrogen) atoms. The number of fused-ring (bicyclic) bond motifs is 1. The number of halogens is 1. The lowest BCUT2D eigenvalue weighted by molar-refractivity contribution is -0.124. The number of nitrogens with zero attached hydrogens (tertiary/aromatic N) is 3. The van der Waals surface area contributed by atoms with Gasteiger partial charge in [0.15, 0.2) is 11.5 Å².